The molecule has 0 spiro atoms. The van der Waals surface area contributed by atoms with Crippen LogP contribution in [0.4, 0.5) is 4.79 Å². The predicted octanol–water partition coefficient (Wildman–Crippen LogP) is 5.48. The van der Waals surface area contributed by atoms with Crippen molar-refractivity contribution < 1.29 is 63.0 Å². The van der Waals surface area contributed by atoms with Gasteiger partial charge >= 0.3 is 11.9 Å². The summed E-state index contributed by atoms with van der Waals surface area (Å²) < 4.78 is 29.6. The molecular formula is C50H63N3O13. The predicted molar refractivity (Wildman–Crippen MR) is 243 cm³/mol. The van der Waals surface area contributed by atoms with Crippen molar-refractivity contribution in [2.75, 3.05) is 40.0 Å². The van der Waals surface area contributed by atoms with E-state index in [1.165, 1.54) is 51.9 Å². The lowest BCUT2D eigenvalue weighted by atomic mass is 9.78. The van der Waals surface area contributed by atoms with Crippen molar-refractivity contribution in [2.24, 2.45) is 23.7 Å². The number of aliphatic hydroxyl groups excluding tert-OH is 2. The lowest BCUT2D eigenvalue weighted by molar-refractivity contribution is -0.116. The molecule has 0 saturated carbocycles. The van der Waals surface area contributed by atoms with Crippen molar-refractivity contribution in [3.05, 3.63) is 106 Å². The first-order chi connectivity index (χ1) is 31.4. The molecule has 2 aromatic rings. The van der Waals surface area contributed by atoms with Gasteiger partial charge in [-0.05, 0) is 44.7 Å². The van der Waals surface area contributed by atoms with Crippen LogP contribution in [-0.4, -0.2) is 120 Å². The summed E-state index contributed by atoms with van der Waals surface area (Å²) in [4.78, 5) is 72.6. The average molecular weight is 914 g/mol. The van der Waals surface area contributed by atoms with E-state index in [2.05, 4.69) is 22.8 Å². The summed E-state index contributed by atoms with van der Waals surface area (Å²) in [6.45, 7) is 12.4. The van der Waals surface area contributed by atoms with Crippen molar-refractivity contribution in [2.45, 2.75) is 97.9 Å². The van der Waals surface area contributed by atoms with Crippen LogP contribution in [0.3, 0.4) is 0 Å². The lowest BCUT2D eigenvalue weighted by Gasteiger charge is -2.38. The first-order valence-electron chi connectivity index (χ1n) is 22.6. The van der Waals surface area contributed by atoms with E-state index < -0.39 is 94.5 Å². The molecule has 5 aliphatic rings. The Morgan fingerprint density at radius 1 is 0.909 bits per heavy atom. The van der Waals surface area contributed by atoms with Crippen LogP contribution in [0, 0.1) is 30.6 Å². The lowest BCUT2D eigenvalue weighted by Crippen LogP contribution is -2.47. The number of aromatic hydroxyl groups is 1. The quantitative estimate of drug-likeness (QED) is 0.207. The molecule has 9 atom stereocenters. The number of carbonyl (C=O) groups is 5. The van der Waals surface area contributed by atoms with Gasteiger partial charge in [0.2, 0.25) is 11.6 Å². The molecule has 7 rings (SSSR count). The number of nitrogens with one attached hydrogen (secondary N) is 2. The number of hydrogen-bond acceptors (Lipinski definition) is 14. The second kappa shape index (κ2) is 21.2. The van der Waals surface area contributed by atoms with Crippen molar-refractivity contribution in [3.63, 3.8) is 0 Å². The molecule has 4 heterocycles. The molecule has 1 fully saturated rings. The van der Waals surface area contributed by atoms with E-state index in [0.717, 1.165) is 12.8 Å². The Balaban J connectivity index is 1.36. The number of rotatable bonds is 8. The number of carbonyl (C=O) groups excluding carboxylic acids is 5. The number of allylic oxidation sites excluding steroid dienone is 4. The monoisotopic (exact) mass is 913 g/mol. The second-order valence-corrected chi connectivity index (χ2v) is 17.8. The number of benzene rings is 2. The van der Waals surface area contributed by atoms with Gasteiger partial charge in [0.15, 0.2) is 0 Å². The standard InChI is InChI=1S/C50H63N3O13/c1-27-15-14-16-28(2)48(60)52-38-39(53-22-25-63-26-23-53)44(58)35-36(43(38)57)42(56)32(6)46-37(35)47(59)50(7,66-46)64-24-20-34(62-8)29(3)45(31(5)41(55)30(4)40(27)54)65-49(61)51-21-13-12-19-33-17-10-9-11-18-33/h9-11,14-18,20,24,27,29-31,34,40-41,45,54-56H,12-13,19,21-23,25-26H2,1-8H3,(H,51,61)(H,52,60)/b15-14+,24-20+,28-16-/t27-,29+,30+,31+,34-,40-,41+,45+,50-/m0/s1. The fraction of sp³-hybridized carbons (Fsp3) is 0.500. The van der Waals surface area contributed by atoms with Gasteiger partial charge in [0.05, 0.1) is 54.5 Å². The number of morpholine rings is 1. The molecule has 2 aromatic carbocycles. The number of aliphatic hydroxyl groups is 2. The summed E-state index contributed by atoms with van der Waals surface area (Å²) >= 11 is 0. The fourth-order valence-corrected chi connectivity index (χ4v) is 9.03. The van der Waals surface area contributed by atoms with Crippen molar-refractivity contribution in [1.29, 1.82) is 0 Å². The molecule has 16 nitrogen and oxygen atoms in total. The summed E-state index contributed by atoms with van der Waals surface area (Å²) in [5, 5.41) is 40.4. The summed E-state index contributed by atoms with van der Waals surface area (Å²) in [6.07, 6.45) is 4.96. The molecule has 5 bridgehead atoms. The number of Topliss-reactive ketones (excluding diaryl/α,β-unsaturated/α-hetero) is 3. The number of aryl methyl sites for hydroxylation is 1. The molecule has 356 valence electrons. The largest absolute Gasteiger partial charge is 0.507 e. The summed E-state index contributed by atoms with van der Waals surface area (Å²) in [5.41, 5.74) is -0.301. The minimum Gasteiger partial charge on any atom is -0.507 e. The van der Waals surface area contributed by atoms with Gasteiger partial charge in [-0.1, -0.05) is 76.3 Å². The maximum Gasteiger partial charge on any atom is 0.407 e. The molecule has 4 aliphatic heterocycles. The fourth-order valence-electron chi connectivity index (χ4n) is 9.03. The third-order valence-corrected chi connectivity index (χ3v) is 13.2. The van der Waals surface area contributed by atoms with Crippen LogP contribution < -0.4 is 15.4 Å². The Kier molecular flexibility index (Phi) is 16.0. The Morgan fingerprint density at radius 2 is 1.61 bits per heavy atom. The second-order valence-electron chi connectivity index (χ2n) is 17.8. The Labute approximate surface area is 385 Å². The third-order valence-electron chi connectivity index (χ3n) is 13.2. The number of hydrogen-bond donors (Lipinski definition) is 5. The first-order valence-corrected chi connectivity index (χ1v) is 22.6. The molecule has 0 radical (unpaired) electrons. The number of alkyl carbamates (subject to hydrolysis) is 1. The van der Waals surface area contributed by atoms with Crippen LogP contribution in [0.2, 0.25) is 0 Å². The normalized spacial score (nSPS) is 30.5. The zero-order chi connectivity index (χ0) is 48.0. The number of ketones is 3. The molecule has 1 aliphatic carbocycles. The highest BCUT2D eigenvalue weighted by molar-refractivity contribution is 6.32. The van der Waals surface area contributed by atoms with Gasteiger partial charge in [0.1, 0.15) is 29.0 Å². The van der Waals surface area contributed by atoms with E-state index in [1.54, 1.807) is 44.7 Å². The number of ether oxygens (including phenoxy) is 5. The van der Waals surface area contributed by atoms with E-state index in [-0.39, 0.29) is 65.7 Å². The zero-order valence-corrected chi connectivity index (χ0v) is 38.9. The van der Waals surface area contributed by atoms with Gasteiger partial charge in [-0.25, -0.2) is 4.79 Å². The molecule has 16 heteroatoms. The first kappa shape index (κ1) is 49.6. The summed E-state index contributed by atoms with van der Waals surface area (Å²) in [7, 11) is 1.44. The highest BCUT2D eigenvalue weighted by Gasteiger charge is 2.53. The van der Waals surface area contributed by atoms with Crippen LogP contribution in [0.25, 0.3) is 0 Å². The number of amides is 2. The maximum atomic E-state index is 14.8. The molecule has 0 unspecified atom stereocenters. The number of phenols is 1. The van der Waals surface area contributed by atoms with Crippen LogP contribution in [0.5, 0.6) is 11.5 Å². The number of unbranched alkanes of at least 4 members (excludes halogenated alkanes) is 1. The van der Waals surface area contributed by atoms with Crippen LogP contribution in [0.1, 0.15) is 96.6 Å². The third kappa shape index (κ3) is 10.3. The zero-order valence-electron chi connectivity index (χ0n) is 38.9. The molecule has 0 aromatic heterocycles. The van der Waals surface area contributed by atoms with Crippen LogP contribution in [0.15, 0.2) is 77.9 Å². The minimum absolute atomic E-state index is 0.00211. The van der Waals surface area contributed by atoms with Crippen LogP contribution in [-0.2, 0) is 30.2 Å². The summed E-state index contributed by atoms with van der Waals surface area (Å²) in [5.74, 6) is -8.73. The van der Waals surface area contributed by atoms with Gasteiger partial charge in [-0.15, -0.1) is 0 Å². The van der Waals surface area contributed by atoms with E-state index in [9.17, 15) is 39.3 Å². The molecule has 2 amide bonds. The van der Waals surface area contributed by atoms with Gasteiger partial charge in [0.25, 0.3) is 11.7 Å². The highest BCUT2D eigenvalue weighted by atomic mass is 16.7. The number of phenolic OH excluding ortho intramolecular Hbond substituents is 1. The molecule has 66 heavy (non-hydrogen) atoms. The van der Waals surface area contributed by atoms with E-state index in [0.29, 0.717) is 13.0 Å². The SMILES string of the molecule is CO[C@H]1/C=C/O[C@@]2(C)Oc3c(C)c(O)c4c(c3C2=O)C(=O)C(N2CCOCC2)=C(NC(=O)/C(C)=C\C=C\[C@H](C)[C@H](O)[C@@H](C)[C@@H](O)[C@@H](C)[C@H](OC(=O)NCCCCc2ccccc2)[C@@H]1C)C4=O. The van der Waals surface area contributed by atoms with Gasteiger partial charge in [-0.2, -0.15) is 0 Å². The number of fused-ring (bicyclic) bond motifs is 14. The van der Waals surface area contributed by atoms with Crippen molar-refractivity contribution in [3.8, 4) is 11.5 Å². The van der Waals surface area contributed by atoms with Gasteiger partial charge in [0, 0.05) is 68.5 Å². The number of methoxy groups -OCH3 is 1. The van der Waals surface area contributed by atoms with Crippen molar-refractivity contribution >= 4 is 29.4 Å². The average Bonchev–Trinajstić information content (AvgIpc) is 3.57. The Morgan fingerprint density at radius 3 is 2.29 bits per heavy atom. The molecular weight excluding hydrogens is 851 g/mol. The maximum absolute atomic E-state index is 14.8. The smallest absolute Gasteiger partial charge is 0.407 e. The topological polar surface area (TPSA) is 219 Å². The van der Waals surface area contributed by atoms with Gasteiger partial charge in [-0.3, -0.25) is 19.2 Å². The van der Waals surface area contributed by atoms with Crippen LogP contribution >= 0.6 is 0 Å². The Bertz CT molecular complexity index is 2300. The summed E-state index contributed by atoms with van der Waals surface area (Å²) in [6, 6.07) is 10.0. The molecule has 1 saturated heterocycles. The van der Waals surface area contributed by atoms with E-state index in [4.69, 9.17) is 23.7 Å². The Hall–Kier alpha value is -5.81. The van der Waals surface area contributed by atoms with E-state index in [1.807, 2.05) is 18.2 Å². The van der Waals surface area contributed by atoms with E-state index >= 15 is 0 Å². The van der Waals surface area contributed by atoms with Gasteiger partial charge < -0.3 is 54.5 Å². The number of nitrogens with zero attached hydrogens (tertiary/aromatic N) is 1. The highest BCUT2D eigenvalue weighted by Crippen LogP contribution is 2.49. The molecule has 5 N–H and O–H groups in total. The minimum atomic E-state index is -2.10. The van der Waals surface area contributed by atoms with Crippen molar-refractivity contribution in [1.82, 2.24) is 15.5 Å².